The SMILES string of the molecule is Cc1c(C(=O)Nc2ncc([N+](=O)[O-])s2)oc2c1/C(=N\N=C(N)N)CC(C)(C)C2. The summed E-state index contributed by atoms with van der Waals surface area (Å²) < 4.78 is 5.84. The minimum absolute atomic E-state index is 0.0953. The van der Waals surface area contributed by atoms with Gasteiger partial charge in [0.15, 0.2) is 10.9 Å². The van der Waals surface area contributed by atoms with Gasteiger partial charge in [0.05, 0.1) is 10.6 Å². The molecule has 1 aliphatic rings. The number of nitro groups is 1. The van der Waals surface area contributed by atoms with Crippen molar-refractivity contribution in [2.24, 2.45) is 27.1 Å². The summed E-state index contributed by atoms with van der Waals surface area (Å²) in [5.74, 6) is 0.00330. The maximum atomic E-state index is 12.7. The fourth-order valence-electron chi connectivity index (χ4n) is 3.10. The van der Waals surface area contributed by atoms with Gasteiger partial charge >= 0.3 is 5.00 Å². The van der Waals surface area contributed by atoms with Gasteiger partial charge in [0.1, 0.15) is 12.0 Å². The number of thiazole rings is 1. The molecule has 148 valence electrons. The number of rotatable bonds is 4. The molecule has 11 nitrogen and oxygen atoms in total. The van der Waals surface area contributed by atoms with Gasteiger partial charge in [-0.25, -0.2) is 4.98 Å². The number of nitrogens with two attached hydrogens (primary N) is 2. The highest BCUT2D eigenvalue weighted by Crippen LogP contribution is 2.39. The average Bonchev–Trinajstić information content (AvgIpc) is 3.16. The molecule has 0 saturated heterocycles. The van der Waals surface area contributed by atoms with E-state index in [1.165, 1.54) is 0 Å². The van der Waals surface area contributed by atoms with Crippen molar-refractivity contribution in [1.29, 1.82) is 0 Å². The largest absolute Gasteiger partial charge is 0.455 e. The third-order valence-electron chi connectivity index (χ3n) is 4.18. The Balaban J connectivity index is 1.96. The molecule has 1 aliphatic carbocycles. The number of carbonyl (C=O) groups excluding carboxylic acids is 1. The van der Waals surface area contributed by atoms with Crippen molar-refractivity contribution in [3.8, 4) is 0 Å². The van der Waals surface area contributed by atoms with Gasteiger partial charge in [-0.05, 0) is 30.1 Å². The predicted octanol–water partition coefficient (Wildman–Crippen LogP) is 2.15. The zero-order chi connectivity index (χ0) is 20.6. The van der Waals surface area contributed by atoms with Crippen LogP contribution in [0.2, 0.25) is 0 Å². The van der Waals surface area contributed by atoms with Crippen molar-refractivity contribution in [1.82, 2.24) is 4.98 Å². The van der Waals surface area contributed by atoms with Gasteiger partial charge in [0.2, 0.25) is 5.96 Å². The number of carbonyl (C=O) groups is 1. The van der Waals surface area contributed by atoms with E-state index in [4.69, 9.17) is 15.9 Å². The van der Waals surface area contributed by atoms with Crippen LogP contribution in [-0.2, 0) is 6.42 Å². The molecule has 0 spiro atoms. The highest BCUT2D eigenvalue weighted by Gasteiger charge is 2.36. The lowest BCUT2D eigenvalue weighted by atomic mass is 9.75. The molecule has 0 aromatic carbocycles. The van der Waals surface area contributed by atoms with Gasteiger partial charge in [-0.15, -0.1) is 5.10 Å². The molecule has 2 aromatic heterocycles. The number of fused-ring (bicyclic) bond motifs is 1. The summed E-state index contributed by atoms with van der Waals surface area (Å²) in [6, 6.07) is 0. The molecule has 28 heavy (non-hydrogen) atoms. The van der Waals surface area contributed by atoms with Crippen LogP contribution in [0.5, 0.6) is 0 Å². The van der Waals surface area contributed by atoms with E-state index < -0.39 is 10.8 Å². The second kappa shape index (κ2) is 7.03. The summed E-state index contributed by atoms with van der Waals surface area (Å²) in [6.45, 7) is 5.84. The molecular formula is C16H19N7O4S. The van der Waals surface area contributed by atoms with Crippen LogP contribution in [0.15, 0.2) is 20.8 Å². The molecule has 1 amide bonds. The first kappa shape index (κ1) is 19.5. The molecule has 0 atom stereocenters. The number of anilines is 1. The van der Waals surface area contributed by atoms with E-state index in [9.17, 15) is 14.9 Å². The molecule has 0 fully saturated rings. The second-order valence-corrected chi connectivity index (χ2v) is 8.17. The van der Waals surface area contributed by atoms with Crippen molar-refractivity contribution in [2.75, 3.05) is 5.32 Å². The molecule has 12 heteroatoms. The molecule has 0 aliphatic heterocycles. The highest BCUT2D eigenvalue weighted by atomic mass is 32.1. The van der Waals surface area contributed by atoms with Crippen molar-refractivity contribution < 1.29 is 14.1 Å². The van der Waals surface area contributed by atoms with Gasteiger partial charge in [-0.2, -0.15) is 5.10 Å². The van der Waals surface area contributed by atoms with Gasteiger partial charge in [0, 0.05) is 17.5 Å². The topological polar surface area (TPSA) is 175 Å². The van der Waals surface area contributed by atoms with Crippen molar-refractivity contribution in [2.45, 2.75) is 33.6 Å². The molecule has 0 unspecified atom stereocenters. The summed E-state index contributed by atoms with van der Waals surface area (Å²) in [7, 11) is 0. The molecule has 5 N–H and O–H groups in total. The normalized spacial score (nSPS) is 16.5. The van der Waals surface area contributed by atoms with Crippen molar-refractivity contribution >= 4 is 39.0 Å². The highest BCUT2D eigenvalue weighted by molar-refractivity contribution is 7.18. The number of hydrogen-bond acceptors (Lipinski definition) is 8. The van der Waals surface area contributed by atoms with Gasteiger partial charge in [-0.3, -0.25) is 20.2 Å². The summed E-state index contributed by atoms with van der Waals surface area (Å²) in [6.07, 6.45) is 2.31. The Kier molecular flexibility index (Phi) is 4.89. The van der Waals surface area contributed by atoms with Crippen LogP contribution < -0.4 is 16.8 Å². The van der Waals surface area contributed by atoms with E-state index in [1.54, 1.807) is 6.92 Å². The summed E-state index contributed by atoms with van der Waals surface area (Å²) in [5.41, 5.74) is 12.5. The number of nitrogens with zero attached hydrogens (tertiary/aromatic N) is 4. The Labute approximate surface area is 163 Å². The molecular weight excluding hydrogens is 386 g/mol. The lowest BCUT2D eigenvalue weighted by Gasteiger charge is -2.29. The van der Waals surface area contributed by atoms with E-state index in [1.807, 2.05) is 13.8 Å². The third-order valence-corrected chi connectivity index (χ3v) is 5.04. The number of aromatic nitrogens is 1. The van der Waals surface area contributed by atoms with Crippen LogP contribution in [0, 0.1) is 22.5 Å². The zero-order valence-corrected chi connectivity index (χ0v) is 16.3. The minimum atomic E-state index is -0.571. The Morgan fingerprint density at radius 3 is 2.75 bits per heavy atom. The lowest BCUT2D eigenvalue weighted by Crippen LogP contribution is -2.27. The lowest BCUT2D eigenvalue weighted by molar-refractivity contribution is -0.380. The van der Waals surface area contributed by atoms with Crippen LogP contribution in [0.25, 0.3) is 0 Å². The Morgan fingerprint density at radius 1 is 1.43 bits per heavy atom. The fraction of sp³-hybridized carbons (Fsp3) is 0.375. The standard InChI is InChI=1S/C16H19N7O4S/c1-7-11-8(21-22-14(17)18)4-16(2,3)5-9(11)27-12(7)13(24)20-15-19-6-10(28-15)23(25)26/h6H,4-5H2,1-3H3,(H4,17,18,22)(H,19,20,24)/b21-8-. The van der Waals surface area contributed by atoms with E-state index in [0.29, 0.717) is 35.4 Å². The first-order valence-electron chi connectivity index (χ1n) is 8.27. The molecule has 0 saturated carbocycles. The number of guanidine groups is 1. The molecule has 3 rings (SSSR count). The van der Waals surface area contributed by atoms with E-state index in [0.717, 1.165) is 17.5 Å². The average molecular weight is 405 g/mol. The first-order chi connectivity index (χ1) is 13.1. The van der Waals surface area contributed by atoms with Crippen LogP contribution in [0.1, 0.15) is 47.7 Å². The van der Waals surface area contributed by atoms with Crippen LogP contribution in [-0.4, -0.2) is 27.5 Å². The molecule has 2 aromatic rings. The maximum absolute atomic E-state index is 12.7. The van der Waals surface area contributed by atoms with E-state index >= 15 is 0 Å². The van der Waals surface area contributed by atoms with Gasteiger partial charge in [0.25, 0.3) is 5.91 Å². The van der Waals surface area contributed by atoms with E-state index in [2.05, 4.69) is 20.5 Å². The Bertz CT molecular complexity index is 1010. The third kappa shape index (κ3) is 3.86. The zero-order valence-electron chi connectivity index (χ0n) is 15.5. The Hall–Kier alpha value is -3.28. The quantitative estimate of drug-likeness (QED) is 0.302. The van der Waals surface area contributed by atoms with Crippen molar-refractivity contribution in [3.05, 3.63) is 39.0 Å². The second-order valence-electron chi connectivity index (χ2n) is 7.16. The Morgan fingerprint density at radius 2 is 2.14 bits per heavy atom. The maximum Gasteiger partial charge on any atom is 0.345 e. The minimum Gasteiger partial charge on any atom is -0.455 e. The smallest absolute Gasteiger partial charge is 0.345 e. The molecule has 2 heterocycles. The van der Waals surface area contributed by atoms with Gasteiger partial charge in [-0.1, -0.05) is 13.8 Å². The fourth-order valence-corrected chi connectivity index (χ4v) is 3.72. The number of amides is 1. The number of nitrogens with one attached hydrogen (secondary N) is 1. The van der Waals surface area contributed by atoms with Crippen LogP contribution in [0.4, 0.5) is 10.1 Å². The summed E-state index contributed by atoms with van der Waals surface area (Å²) >= 11 is 0.763. The predicted molar refractivity (Wildman–Crippen MR) is 105 cm³/mol. The monoisotopic (exact) mass is 405 g/mol. The summed E-state index contributed by atoms with van der Waals surface area (Å²) in [4.78, 5) is 26.7. The van der Waals surface area contributed by atoms with Crippen LogP contribution >= 0.6 is 11.3 Å². The van der Waals surface area contributed by atoms with Crippen molar-refractivity contribution in [3.63, 3.8) is 0 Å². The number of furan rings is 1. The van der Waals surface area contributed by atoms with E-state index in [-0.39, 0.29) is 27.3 Å². The first-order valence-corrected chi connectivity index (χ1v) is 9.09. The van der Waals surface area contributed by atoms with Gasteiger partial charge < -0.3 is 15.9 Å². The van der Waals surface area contributed by atoms with Crippen LogP contribution in [0.3, 0.4) is 0 Å². The molecule has 0 bridgehead atoms. The number of hydrogen-bond donors (Lipinski definition) is 3. The summed E-state index contributed by atoms with van der Waals surface area (Å²) in [5, 5.41) is 21.1. The molecule has 0 radical (unpaired) electrons.